The van der Waals surface area contributed by atoms with Gasteiger partial charge in [0.05, 0.1) is 22.3 Å². The van der Waals surface area contributed by atoms with E-state index < -0.39 is 0 Å². The molecule has 2 unspecified atom stereocenters. The van der Waals surface area contributed by atoms with Gasteiger partial charge in [-0.2, -0.15) is 4.98 Å². The van der Waals surface area contributed by atoms with Crippen LogP contribution in [0.15, 0.2) is 36.8 Å². The van der Waals surface area contributed by atoms with Gasteiger partial charge in [0.25, 0.3) is 0 Å². The predicted molar refractivity (Wildman–Crippen MR) is 141 cm³/mol. The number of halogens is 2. The third-order valence-electron chi connectivity index (χ3n) is 6.79. The summed E-state index contributed by atoms with van der Waals surface area (Å²) in [5, 5.41) is 10.5. The first-order valence-electron chi connectivity index (χ1n) is 12.0. The lowest BCUT2D eigenvalue weighted by Crippen LogP contribution is -2.52. The van der Waals surface area contributed by atoms with E-state index in [4.69, 9.17) is 33.2 Å². The minimum atomic E-state index is -0.0761. The summed E-state index contributed by atoms with van der Waals surface area (Å²) in [4.78, 5) is 25.5. The molecule has 0 aliphatic carbocycles. The molecule has 2 saturated heterocycles. The monoisotopic (exact) mass is 513 g/mol. The van der Waals surface area contributed by atoms with E-state index in [1.54, 1.807) is 24.7 Å². The fourth-order valence-corrected chi connectivity index (χ4v) is 5.39. The summed E-state index contributed by atoms with van der Waals surface area (Å²) < 4.78 is 0. The summed E-state index contributed by atoms with van der Waals surface area (Å²) in [5.41, 5.74) is 2.40. The highest BCUT2D eigenvalue weighted by Gasteiger charge is 2.29. The Balaban J connectivity index is 1.45. The van der Waals surface area contributed by atoms with E-state index in [1.807, 2.05) is 12.1 Å². The average Bonchev–Trinajstić information content (AvgIpc) is 3.29. The quantitative estimate of drug-likeness (QED) is 0.536. The zero-order valence-electron chi connectivity index (χ0n) is 19.9. The lowest BCUT2D eigenvalue weighted by molar-refractivity contribution is 0.281. The third-order valence-corrected chi connectivity index (χ3v) is 7.28. The third kappa shape index (κ3) is 5.01. The first kappa shape index (κ1) is 24.0. The Morgan fingerprint density at radius 1 is 0.971 bits per heavy atom. The highest BCUT2D eigenvalue weighted by atomic mass is 35.5. The molecule has 0 radical (unpaired) electrons. The van der Waals surface area contributed by atoms with Crippen LogP contribution in [0.1, 0.15) is 32.3 Å². The molecule has 3 aromatic heterocycles. The van der Waals surface area contributed by atoms with Gasteiger partial charge < -0.3 is 19.8 Å². The number of aromatic nitrogens is 4. The van der Waals surface area contributed by atoms with Crippen molar-refractivity contribution in [3.8, 4) is 11.3 Å². The maximum atomic E-state index is 9.36. The lowest BCUT2D eigenvalue weighted by atomic mass is 10.1. The zero-order valence-corrected chi connectivity index (χ0v) is 21.4. The van der Waals surface area contributed by atoms with Crippen LogP contribution in [0.2, 0.25) is 10.0 Å². The number of rotatable bonds is 5. The molecular formula is C25H29Cl2N7O. The normalized spacial score (nSPS) is 20.5. The Hall–Kier alpha value is -2.68. The molecule has 2 fully saturated rings. The van der Waals surface area contributed by atoms with Crippen molar-refractivity contribution < 1.29 is 5.11 Å². The van der Waals surface area contributed by atoms with Gasteiger partial charge in [0.1, 0.15) is 11.6 Å². The van der Waals surface area contributed by atoms with Gasteiger partial charge in [0, 0.05) is 68.5 Å². The van der Waals surface area contributed by atoms with E-state index in [1.165, 1.54) is 0 Å². The molecule has 0 spiro atoms. The van der Waals surface area contributed by atoms with Crippen molar-refractivity contribution in [2.75, 3.05) is 40.9 Å². The largest absolute Gasteiger partial charge is 0.392 e. The molecule has 1 N–H and O–H groups in total. The van der Waals surface area contributed by atoms with Crippen LogP contribution in [-0.2, 0) is 6.61 Å². The van der Waals surface area contributed by atoms with E-state index in [2.05, 4.69) is 38.5 Å². The molecule has 2 atom stereocenters. The molecule has 5 heterocycles. The van der Waals surface area contributed by atoms with Crippen molar-refractivity contribution in [1.29, 1.82) is 0 Å². The molecule has 0 bridgehead atoms. The number of piperazine rings is 1. The number of hydrogen-bond donors (Lipinski definition) is 1. The summed E-state index contributed by atoms with van der Waals surface area (Å²) in [7, 11) is 0. The summed E-state index contributed by atoms with van der Waals surface area (Å²) in [6, 6.07) is 6.27. The minimum absolute atomic E-state index is 0.0761. The van der Waals surface area contributed by atoms with Crippen molar-refractivity contribution >= 4 is 40.8 Å². The Labute approximate surface area is 215 Å². The first-order chi connectivity index (χ1) is 16.9. The van der Waals surface area contributed by atoms with Crippen molar-refractivity contribution in [2.24, 2.45) is 0 Å². The maximum Gasteiger partial charge on any atom is 0.228 e. The second-order valence-corrected chi connectivity index (χ2v) is 10.1. The molecule has 184 valence electrons. The maximum absolute atomic E-state index is 9.36. The second-order valence-electron chi connectivity index (χ2n) is 9.28. The summed E-state index contributed by atoms with van der Waals surface area (Å²) in [6.07, 6.45) is 7.38. The SMILES string of the molecule is CC1CN(c2ncc(CO)cc2Cl)CCN1c1cc(-c2cncc(Cl)c2)nc(N2CCCC2C)n1. The molecule has 10 heteroatoms. The Bertz CT molecular complexity index is 1210. The number of aliphatic hydroxyl groups is 1. The van der Waals surface area contributed by atoms with Gasteiger partial charge in [-0.05, 0) is 44.4 Å². The van der Waals surface area contributed by atoms with Crippen molar-refractivity contribution in [3.05, 3.63) is 52.4 Å². The van der Waals surface area contributed by atoms with Gasteiger partial charge in [-0.3, -0.25) is 4.98 Å². The predicted octanol–water partition coefficient (Wildman–Crippen LogP) is 4.44. The van der Waals surface area contributed by atoms with Gasteiger partial charge in [-0.25, -0.2) is 9.97 Å². The van der Waals surface area contributed by atoms with Gasteiger partial charge in [-0.1, -0.05) is 23.2 Å². The average molecular weight is 514 g/mol. The molecule has 2 aliphatic rings. The van der Waals surface area contributed by atoms with E-state index >= 15 is 0 Å². The summed E-state index contributed by atoms with van der Waals surface area (Å²) >= 11 is 12.7. The molecule has 0 saturated carbocycles. The number of aliphatic hydroxyl groups excluding tert-OH is 1. The van der Waals surface area contributed by atoms with Crippen LogP contribution >= 0.6 is 23.2 Å². The van der Waals surface area contributed by atoms with Gasteiger partial charge in [0.15, 0.2) is 0 Å². The van der Waals surface area contributed by atoms with E-state index in [9.17, 15) is 5.11 Å². The van der Waals surface area contributed by atoms with E-state index in [-0.39, 0.29) is 12.6 Å². The molecule has 35 heavy (non-hydrogen) atoms. The fraction of sp³-hybridized carbons (Fsp3) is 0.440. The molecule has 2 aliphatic heterocycles. The Morgan fingerprint density at radius 2 is 1.83 bits per heavy atom. The Morgan fingerprint density at radius 3 is 2.51 bits per heavy atom. The van der Waals surface area contributed by atoms with Crippen molar-refractivity contribution in [2.45, 2.75) is 45.4 Å². The highest BCUT2D eigenvalue weighted by Crippen LogP contribution is 2.32. The van der Waals surface area contributed by atoms with E-state index in [0.717, 1.165) is 67.9 Å². The molecule has 0 aromatic carbocycles. The summed E-state index contributed by atoms with van der Waals surface area (Å²) in [6.45, 7) is 7.55. The second kappa shape index (κ2) is 10.1. The molecule has 5 rings (SSSR count). The van der Waals surface area contributed by atoms with Gasteiger partial charge in [0.2, 0.25) is 5.95 Å². The molecule has 0 amide bonds. The van der Waals surface area contributed by atoms with Gasteiger partial charge >= 0.3 is 0 Å². The number of anilines is 3. The molecular weight excluding hydrogens is 485 g/mol. The van der Waals surface area contributed by atoms with Crippen LogP contribution in [-0.4, -0.2) is 63.3 Å². The standard InChI is InChI=1S/C25H29Cl2N7O/c1-16-4-3-5-34(16)25-30-22(19-9-20(26)13-28-12-19)10-23(31-25)33-7-6-32(14-17(33)2)24-21(27)8-18(15-35)11-29-24/h8-13,16-17,35H,3-7,14-15H2,1-2H3. The number of pyridine rings is 2. The molecule has 3 aromatic rings. The van der Waals surface area contributed by atoms with Crippen LogP contribution in [0.3, 0.4) is 0 Å². The number of nitrogens with zero attached hydrogens (tertiary/aromatic N) is 7. The van der Waals surface area contributed by atoms with Gasteiger partial charge in [-0.15, -0.1) is 0 Å². The van der Waals surface area contributed by atoms with Crippen LogP contribution in [0, 0.1) is 0 Å². The lowest BCUT2D eigenvalue weighted by Gasteiger charge is -2.41. The van der Waals surface area contributed by atoms with Crippen molar-refractivity contribution in [1.82, 2.24) is 19.9 Å². The van der Waals surface area contributed by atoms with Crippen molar-refractivity contribution in [3.63, 3.8) is 0 Å². The highest BCUT2D eigenvalue weighted by molar-refractivity contribution is 6.33. The van der Waals surface area contributed by atoms with Crippen LogP contribution in [0.5, 0.6) is 0 Å². The summed E-state index contributed by atoms with van der Waals surface area (Å²) in [5.74, 6) is 2.39. The molecule has 8 nitrogen and oxygen atoms in total. The minimum Gasteiger partial charge on any atom is -0.392 e. The first-order valence-corrected chi connectivity index (χ1v) is 12.7. The number of hydrogen-bond acceptors (Lipinski definition) is 8. The fourth-order valence-electron chi connectivity index (χ4n) is 4.91. The van der Waals surface area contributed by atoms with Crippen LogP contribution < -0.4 is 14.7 Å². The van der Waals surface area contributed by atoms with Crippen LogP contribution in [0.25, 0.3) is 11.3 Å². The van der Waals surface area contributed by atoms with Crippen LogP contribution in [0.4, 0.5) is 17.6 Å². The zero-order chi connectivity index (χ0) is 24.5. The topological polar surface area (TPSA) is 81.5 Å². The van der Waals surface area contributed by atoms with E-state index in [0.29, 0.717) is 21.7 Å². The Kier molecular flexibility index (Phi) is 6.95. The smallest absolute Gasteiger partial charge is 0.228 e.